The number of aromatic nitrogens is 5. The van der Waals surface area contributed by atoms with Gasteiger partial charge in [-0.05, 0) is 18.1 Å². The van der Waals surface area contributed by atoms with Crippen LogP contribution in [0.1, 0.15) is 12.0 Å². The summed E-state index contributed by atoms with van der Waals surface area (Å²) in [5.41, 5.74) is 1.71. The second-order valence-corrected chi connectivity index (χ2v) is 8.21. The monoisotopic (exact) mass is 473 g/mol. The van der Waals surface area contributed by atoms with Crippen molar-refractivity contribution in [3.8, 4) is 0 Å². The van der Waals surface area contributed by atoms with Crippen molar-refractivity contribution in [2.75, 3.05) is 29.0 Å². The van der Waals surface area contributed by atoms with E-state index < -0.39 is 6.03 Å². The van der Waals surface area contributed by atoms with E-state index in [9.17, 15) is 15.2 Å². The van der Waals surface area contributed by atoms with E-state index in [1.807, 2.05) is 18.2 Å². The lowest BCUT2D eigenvalue weighted by molar-refractivity contribution is -0.672. The molecule has 1 unspecified atom stereocenters. The van der Waals surface area contributed by atoms with Gasteiger partial charge < -0.3 is 15.7 Å². The third kappa shape index (κ3) is 5.17. The Morgan fingerprint density at radius 1 is 1.09 bits per heavy atom. The second-order valence-electron chi connectivity index (χ2n) is 8.21. The smallest absolute Gasteiger partial charge is 0.461 e. The summed E-state index contributed by atoms with van der Waals surface area (Å²) in [5, 5.41) is 37.7. The number of hydrogen-bond donors (Lipinski definition) is 3. The normalized spacial score (nSPS) is 15.7. The lowest BCUT2D eigenvalue weighted by Crippen LogP contribution is -2.45. The maximum absolute atomic E-state index is 13.0. The van der Waals surface area contributed by atoms with Gasteiger partial charge in [0, 0.05) is 54.7 Å². The zero-order chi connectivity index (χ0) is 24.2. The Balaban J connectivity index is 1.29. The SMILES string of the molecule is O=C(Nc1ccc2c(c1)[n+]([O-])c(NC1CCN(Cc3ccccc3)C1)n[n+]2[O-])Nc1cnccn1. The van der Waals surface area contributed by atoms with Gasteiger partial charge in [0.05, 0.1) is 12.2 Å². The molecule has 35 heavy (non-hydrogen) atoms. The van der Waals surface area contributed by atoms with Gasteiger partial charge in [-0.25, -0.2) is 14.5 Å². The molecule has 4 aromatic rings. The third-order valence-electron chi connectivity index (χ3n) is 5.70. The maximum Gasteiger partial charge on any atom is 0.461 e. The predicted octanol–water partition coefficient (Wildman–Crippen LogP) is 1.62. The van der Waals surface area contributed by atoms with Crippen LogP contribution in [0, 0.1) is 10.4 Å². The predicted molar refractivity (Wildman–Crippen MR) is 128 cm³/mol. The van der Waals surface area contributed by atoms with Gasteiger partial charge >= 0.3 is 12.0 Å². The summed E-state index contributed by atoms with van der Waals surface area (Å²) >= 11 is 0. The molecule has 0 bridgehead atoms. The van der Waals surface area contributed by atoms with E-state index >= 15 is 0 Å². The molecule has 12 heteroatoms. The number of carbonyl (C=O) groups is 1. The lowest BCUT2D eigenvalue weighted by atomic mass is 10.2. The molecule has 1 fully saturated rings. The van der Waals surface area contributed by atoms with Crippen molar-refractivity contribution in [1.82, 2.24) is 20.0 Å². The van der Waals surface area contributed by atoms with Crippen molar-refractivity contribution in [1.29, 1.82) is 0 Å². The van der Waals surface area contributed by atoms with Gasteiger partial charge in [-0.3, -0.25) is 20.5 Å². The molecule has 178 valence electrons. The zero-order valence-electron chi connectivity index (χ0n) is 18.7. The van der Waals surface area contributed by atoms with Crippen LogP contribution in [-0.4, -0.2) is 45.1 Å². The number of fused-ring (bicyclic) bond motifs is 1. The first kappa shape index (κ1) is 22.2. The standard InChI is InChI=1S/C23H23N9O3/c33-23(28-21-13-24-9-10-25-21)27-17-6-7-19-20(12-17)31(34)22(29-32(19)35)26-18-8-11-30(15-18)14-16-4-2-1-3-5-16/h1-7,9-10,12-13,18H,8,11,14-15H2,(H,26,29)(H2,25,27,28,33). The van der Waals surface area contributed by atoms with Crippen molar-refractivity contribution in [3.63, 3.8) is 0 Å². The van der Waals surface area contributed by atoms with Gasteiger partial charge in [0.1, 0.15) is 0 Å². The highest BCUT2D eigenvalue weighted by Crippen LogP contribution is 2.18. The molecule has 1 saturated heterocycles. The molecule has 0 spiro atoms. The van der Waals surface area contributed by atoms with Gasteiger partial charge in [0.25, 0.3) is 5.52 Å². The van der Waals surface area contributed by atoms with Crippen molar-refractivity contribution in [3.05, 3.63) is 83.1 Å². The van der Waals surface area contributed by atoms with Crippen LogP contribution >= 0.6 is 0 Å². The summed E-state index contributed by atoms with van der Waals surface area (Å²) in [7, 11) is 0. The highest BCUT2D eigenvalue weighted by atomic mass is 16.5. The van der Waals surface area contributed by atoms with Crippen LogP contribution in [0.5, 0.6) is 0 Å². The Bertz CT molecular complexity index is 1340. The molecular formula is C23H23N9O3. The van der Waals surface area contributed by atoms with Crippen molar-refractivity contribution in [2.45, 2.75) is 19.0 Å². The van der Waals surface area contributed by atoms with Gasteiger partial charge in [0.15, 0.2) is 11.3 Å². The fraction of sp³-hybridized carbons (Fsp3) is 0.217. The van der Waals surface area contributed by atoms with E-state index in [1.54, 1.807) is 0 Å². The van der Waals surface area contributed by atoms with Crippen molar-refractivity contribution < 1.29 is 14.4 Å². The molecule has 2 aromatic heterocycles. The van der Waals surface area contributed by atoms with Gasteiger partial charge in [0.2, 0.25) is 5.10 Å². The number of carbonyl (C=O) groups excluding carboxylic acids is 1. The fourth-order valence-corrected chi connectivity index (χ4v) is 4.07. The molecule has 12 nitrogen and oxygen atoms in total. The number of likely N-dealkylation sites (tertiary alicyclic amines) is 1. The average Bonchev–Trinajstić information content (AvgIpc) is 3.30. The van der Waals surface area contributed by atoms with Crippen LogP contribution in [0.4, 0.5) is 22.2 Å². The highest BCUT2D eigenvalue weighted by molar-refractivity contribution is 5.99. The van der Waals surface area contributed by atoms with E-state index in [1.165, 1.54) is 42.4 Å². The Labute approximate surface area is 200 Å². The van der Waals surface area contributed by atoms with E-state index in [2.05, 4.69) is 48.0 Å². The van der Waals surface area contributed by atoms with E-state index in [0.29, 0.717) is 15.3 Å². The van der Waals surface area contributed by atoms with Gasteiger partial charge in [-0.1, -0.05) is 30.3 Å². The van der Waals surface area contributed by atoms with Crippen LogP contribution in [0.2, 0.25) is 0 Å². The summed E-state index contributed by atoms with van der Waals surface area (Å²) in [4.78, 5) is 22.8. The maximum atomic E-state index is 13.0. The number of amides is 2. The third-order valence-corrected chi connectivity index (χ3v) is 5.70. The minimum Gasteiger partial charge on any atom is -0.739 e. The van der Waals surface area contributed by atoms with Crippen LogP contribution in [0.3, 0.4) is 0 Å². The first-order valence-corrected chi connectivity index (χ1v) is 11.1. The highest BCUT2D eigenvalue weighted by Gasteiger charge is 2.29. The molecule has 2 aromatic carbocycles. The number of anilines is 3. The molecule has 1 aliphatic heterocycles. The first-order chi connectivity index (χ1) is 17.0. The van der Waals surface area contributed by atoms with Gasteiger partial charge in [-0.15, -0.1) is 0 Å². The molecule has 2 amide bonds. The zero-order valence-corrected chi connectivity index (χ0v) is 18.7. The molecular weight excluding hydrogens is 450 g/mol. The summed E-state index contributed by atoms with van der Waals surface area (Å²) < 4.78 is 0.579. The summed E-state index contributed by atoms with van der Waals surface area (Å²) in [6.45, 7) is 2.40. The molecule has 0 aliphatic carbocycles. The first-order valence-electron chi connectivity index (χ1n) is 11.1. The Morgan fingerprint density at radius 2 is 1.94 bits per heavy atom. The molecule has 0 saturated carbocycles. The minimum absolute atomic E-state index is 0.0251. The van der Waals surface area contributed by atoms with Crippen LogP contribution in [-0.2, 0) is 6.54 Å². The van der Waals surface area contributed by atoms with E-state index in [0.717, 1.165) is 26.1 Å². The summed E-state index contributed by atoms with van der Waals surface area (Å²) in [6.07, 6.45) is 5.16. The number of rotatable bonds is 6. The Morgan fingerprint density at radius 3 is 2.74 bits per heavy atom. The average molecular weight is 473 g/mol. The molecule has 1 atom stereocenters. The van der Waals surface area contributed by atoms with Crippen LogP contribution in [0.15, 0.2) is 67.1 Å². The Hall–Kier alpha value is -4.58. The molecule has 0 radical (unpaired) electrons. The topological polar surface area (TPSA) is 149 Å². The number of nitrogens with zero attached hydrogens (tertiary/aromatic N) is 6. The van der Waals surface area contributed by atoms with Crippen molar-refractivity contribution >= 4 is 34.5 Å². The number of benzene rings is 2. The molecule has 3 heterocycles. The largest absolute Gasteiger partial charge is 0.739 e. The summed E-state index contributed by atoms with van der Waals surface area (Å²) in [6, 6.07) is 14.0. The molecule has 5 rings (SSSR count). The second kappa shape index (κ2) is 9.73. The van der Waals surface area contributed by atoms with Gasteiger partial charge in [-0.2, -0.15) is 0 Å². The number of hydrogen-bond acceptors (Lipinski definition) is 8. The van der Waals surface area contributed by atoms with E-state index in [-0.39, 0.29) is 28.8 Å². The van der Waals surface area contributed by atoms with Crippen LogP contribution < -0.4 is 25.5 Å². The molecule has 3 N–H and O–H groups in total. The van der Waals surface area contributed by atoms with E-state index in [4.69, 9.17) is 0 Å². The number of urea groups is 1. The minimum atomic E-state index is -0.561. The Kier molecular flexibility index (Phi) is 6.18. The van der Waals surface area contributed by atoms with Crippen LogP contribution in [0.25, 0.3) is 11.0 Å². The number of nitrogens with one attached hydrogen (secondary N) is 3. The quantitative estimate of drug-likeness (QED) is 0.283. The lowest BCUT2D eigenvalue weighted by Gasteiger charge is -2.16. The summed E-state index contributed by atoms with van der Waals surface area (Å²) in [5.74, 6) is 0.191. The molecule has 1 aliphatic rings. The fourth-order valence-electron chi connectivity index (χ4n) is 4.07. The van der Waals surface area contributed by atoms with Crippen molar-refractivity contribution in [2.24, 2.45) is 0 Å².